The Bertz CT molecular complexity index is 396. The maximum absolute atomic E-state index is 3.56. The first-order chi connectivity index (χ1) is 8.33. The molecule has 1 heterocycles. The van der Waals surface area contributed by atoms with Crippen LogP contribution in [0.4, 0.5) is 5.69 Å². The molecule has 0 atom stereocenters. The van der Waals surface area contributed by atoms with E-state index in [1.54, 1.807) is 0 Å². The minimum atomic E-state index is 1.03. The molecule has 1 aromatic rings. The minimum Gasteiger partial charge on any atom is -0.374 e. The van der Waals surface area contributed by atoms with Crippen molar-refractivity contribution in [3.63, 3.8) is 0 Å². The molecule has 92 valence electrons. The Morgan fingerprint density at radius 2 is 2.24 bits per heavy atom. The predicted octanol–water partition coefficient (Wildman–Crippen LogP) is 2.57. The van der Waals surface area contributed by atoms with Gasteiger partial charge in [-0.1, -0.05) is 25.0 Å². The minimum absolute atomic E-state index is 1.03. The van der Waals surface area contributed by atoms with Crippen LogP contribution in [0.25, 0.3) is 0 Å². The van der Waals surface area contributed by atoms with E-state index in [2.05, 4.69) is 35.5 Å². The van der Waals surface area contributed by atoms with Gasteiger partial charge in [0.15, 0.2) is 0 Å². The van der Waals surface area contributed by atoms with Crippen molar-refractivity contribution in [3.8, 4) is 0 Å². The highest BCUT2D eigenvalue weighted by Crippen LogP contribution is 2.31. The second kappa shape index (κ2) is 4.69. The van der Waals surface area contributed by atoms with E-state index in [4.69, 9.17) is 0 Å². The smallest absolute Gasteiger partial charge is 0.0397 e. The number of rotatable bonds is 5. The molecule has 1 aromatic carbocycles. The summed E-state index contributed by atoms with van der Waals surface area (Å²) in [6, 6.07) is 6.92. The van der Waals surface area contributed by atoms with Crippen LogP contribution in [0.1, 0.15) is 30.4 Å². The highest BCUT2D eigenvalue weighted by molar-refractivity contribution is 5.58. The van der Waals surface area contributed by atoms with Crippen molar-refractivity contribution in [2.75, 3.05) is 25.0 Å². The van der Waals surface area contributed by atoms with Crippen LogP contribution in [-0.2, 0) is 13.0 Å². The average molecular weight is 230 g/mol. The van der Waals surface area contributed by atoms with E-state index in [1.165, 1.54) is 55.6 Å². The summed E-state index contributed by atoms with van der Waals surface area (Å²) >= 11 is 0. The number of hydrogen-bond acceptors (Lipinski definition) is 2. The Kier molecular flexibility index (Phi) is 3.06. The summed E-state index contributed by atoms with van der Waals surface area (Å²) in [5.74, 6) is 1.04. The second-order valence-corrected chi connectivity index (χ2v) is 5.54. The molecule has 1 N–H and O–H groups in total. The zero-order valence-corrected chi connectivity index (χ0v) is 10.7. The van der Waals surface area contributed by atoms with Gasteiger partial charge in [-0.15, -0.1) is 0 Å². The van der Waals surface area contributed by atoms with E-state index in [1.807, 2.05) is 0 Å². The van der Waals surface area contributed by atoms with Crippen LogP contribution in [0.15, 0.2) is 18.2 Å². The number of anilines is 1. The van der Waals surface area contributed by atoms with Crippen LogP contribution in [0.5, 0.6) is 0 Å². The van der Waals surface area contributed by atoms with Gasteiger partial charge in [0.1, 0.15) is 0 Å². The van der Waals surface area contributed by atoms with Crippen LogP contribution >= 0.6 is 0 Å². The molecule has 0 unspecified atom stereocenters. The molecule has 1 aliphatic carbocycles. The topological polar surface area (TPSA) is 15.3 Å². The third-order valence-electron chi connectivity index (χ3n) is 4.03. The maximum atomic E-state index is 3.56. The highest BCUT2D eigenvalue weighted by Gasteiger charge is 2.20. The summed E-state index contributed by atoms with van der Waals surface area (Å²) in [4.78, 5) is 2.35. The van der Waals surface area contributed by atoms with Crippen molar-refractivity contribution in [2.24, 2.45) is 5.92 Å². The predicted molar refractivity (Wildman–Crippen MR) is 72.5 cm³/mol. The highest BCUT2D eigenvalue weighted by atomic mass is 15.1. The molecule has 0 radical (unpaired) electrons. The lowest BCUT2D eigenvalue weighted by atomic mass is 10.1. The van der Waals surface area contributed by atoms with Crippen LogP contribution < -0.4 is 10.2 Å². The fraction of sp³-hybridized carbons (Fsp3) is 0.600. The van der Waals surface area contributed by atoms with Gasteiger partial charge in [0.25, 0.3) is 0 Å². The van der Waals surface area contributed by atoms with Crippen molar-refractivity contribution in [1.82, 2.24) is 5.32 Å². The first-order valence-corrected chi connectivity index (χ1v) is 6.86. The van der Waals surface area contributed by atoms with Crippen molar-refractivity contribution < 1.29 is 0 Å². The second-order valence-electron chi connectivity index (χ2n) is 5.54. The van der Waals surface area contributed by atoms with Crippen molar-refractivity contribution >= 4 is 5.69 Å². The lowest BCUT2D eigenvalue weighted by molar-refractivity contribution is 0.613. The summed E-state index contributed by atoms with van der Waals surface area (Å²) in [7, 11) is 2.18. The van der Waals surface area contributed by atoms with Crippen LogP contribution in [0.2, 0.25) is 0 Å². The number of fused-ring (bicyclic) bond motifs is 1. The van der Waals surface area contributed by atoms with E-state index in [-0.39, 0.29) is 0 Å². The monoisotopic (exact) mass is 230 g/mol. The van der Waals surface area contributed by atoms with E-state index >= 15 is 0 Å². The summed E-state index contributed by atoms with van der Waals surface area (Å²) in [5, 5.41) is 3.56. The number of benzene rings is 1. The molecule has 2 aliphatic rings. The molecule has 2 nitrogen and oxygen atoms in total. The molecular formula is C15H22N2. The number of hydrogen-bond donors (Lipinski definition) is 1. The molecule has 0 saturated heterocycles. The Morgan fingerprint density at radius 1 is 1.35 bits per heavy atom. The van der Waals surface area contributed by atoms with Crippen LogP contribution in [0.3, 0.4) is 0 Å². The molecule has 1 aliphatic heterocycles. The summed E-state index contributed by atoms with van der Waals surface area (Å²) in [5.41, 5.74) is 4.38. The van der Waals surface area contributed by atoms with Gasteiger partial charge in [0, 0.05) is 25.8 Å². The fourth-order valence-electron chi connectivity index (χ4n) is 2.68. The van der Waals surface area contributed by atoms with Gasteiger partial charge in [-0.3, -0.25) is 0 Å². The molecule has 17 heavy (non-hydrogen) atoms. The average Bonchev–Trinajstić information content (AvgIpc) is 3.10. The molecule has 0 bridgehead atoms. The largest absolute Gasteiger partial charge is 0.374 e. The Morgan fingerprint density at radius 3 is 3.06 bits per heavy atom. The Labute approximate surface area is 104 Å². The van der Waals surface area contributed by atoms with Gasteiger partial charge >= 0.3 is 0 Å². The quantitative estimate of drug-likeness (QED) is 0.782. The molecule has 0 aromatic heterocycles. The molecule has 3 rings (SSSR count). The summed E-state index contributed by atoms with van der Waals surface area (Å²) in [6.45, 7) is 3.39. The van der Waals surface area contributed by atoms with Crippen molar-refractivity contribution in [2.45, 2.75) is 32.2 Å². The normalized spacial score (nSPS) is 18.5. The van der Waals surface area contributed by atoms with Gasteiger partial charge in [-0.2, -0.15) is 0 Å². The Balaban J connectivity index is 1.52. The number of nitrogens with zero attached hydrogens (tertiary/aromatic N) is 1. The summed E-state index contributed by atoms with van der Waals surface area (Å²) in [6.07, 6.45) is 5.51. The number of likely N-dealkylation sites (N-methyl/N-ethyl adjacent to an activating group) is 1. The third kappa shape index (κ3) is 2.63. The number of nitrogens with one attached hydrogen (secondary N) is 1. The zero-order chi connectivity index (χ0) is 11.7. The van der Waals surface area contributed by atoms with Gasteiger partial charge in [-0.25, -0.2) is 0 Å². The Hall–Kier alpha value is -1.02. The molecule has 1 saturated carbocycles. The van der Waals surface area contributed by atoms with Gasteiger partial charge in [-0.05, 0) is 42.5 Å². The van der Waals surface area contributed by atoms with Crippen LogP contribution in [-0.4, -0.2) is 20.1 Å². The lowest BCUT2D eigenvalue weighted by Gasteiger charge is -2.12. The van der Waals surface area contributed by atoms with Crippen molar-refractivity contribution in [1.29, 1.82) is 0 Å². The maximum Gasteiger partial charge on any atom is 0.0397 e. The van der Waals surface area contributed by atoms with Crippen LogP contribution in [0, 0.1) is 5.92 Å². The lowest BCUT2D eigenvalue weighted by Crippen LogP contribution is -2.15. The van der Waals surface area contributed by atoms with Crippen molar-refractivity contribution in [3.05, 3.63) is 29.3 Å². The van der Waals surface area contributed by atoms with Gasteiger partial charge in [0.2, 0.25) is 0 Å². The van der Waals surface area contributed by atoms with E-state index in [0.717, 1.165) is 12.5 Å². The molecule has 2 heteroatoms. The standard InChI is InChI=1S/C15H22N2/c1-17-9-7-14-10-13(4-5-15(14)17)11-16-8-6-12-2-3-12/h4-5,10,12,16H,2-3,6-9,11H2,1H3. The summed E-state index contributed by atoms with van der Waals surface area (Å²) < 4.78 is 0. The molecule has 0 amide bonds. The van der Waals surface area contributed by atoms with Gasteiger partial charge in [0.05, 0.1) is 0 Å². The molecular weight excluding hydrogens is 208 g/mol. The van der Waals surface area contributed by atoms with E-state index in [0.29, 0.717) is 0 Å². The first-order valence-electron chi connectivity index (χ1n) is 6.86. The molecule has 1 fully saturated rings. The molecule has 0 spiro atoms. The van der Waals surface area contributed by atoms with Gasteiger partial charge < -0.3 is 10.2 Å². The third-order valence-corrected chi connectivity index (χ3v) is 4.03. The van der Waals surface area contributed by atoms with E-state index < -0.39 is 0 Å². The SMILES string of the molecule is CN1CCc2cc(CNCCC3CC3)ccc21. The first kappa shape index (κ1) is 11.1. The zero-order valence-electron chi connectivity index (χ0n) is 10.7. The van der Waals surface area contributed by atoms with E-state index in [9.17, 15) is 0 Å². The fourth-order valence-corrected chi connectivity index (χ4v) is 2.68.